The number of hydrogen-bond acceptors (Lipinski definition) is 4. The summed E-state index contributed by atoms with van der Waals surface area (Å²) in [5, 5.41) is 4.05. The number of amides is 1. The molecule has 0 radical (unpaired) electrons. The lowest BCUT2D eigenvalue weighted by molar-refractivity contribution is -0.121. The molecular weight excluding hydrogens is 258 g/mol. The van der Waals surface area contributed by atoms with Gasteiger partial charge < -0.3 is 10.7 Å². The number of nitrogens with two attached hydrogens (primary N) is 1. The summed E-state index contributed by atoms with van der Waals surface area (Å²) < 4.78 is 1.61. The molecule has 4 N–H and O–H groups in total. The molecule has 7 heteroatoms. The summed E-state index contributed by atoms with van der Waals surface area (Å²) in [6.45, 7) is 0.891. The lowest BCUT2D eigenvalue weighted by Gasteiger charge is -2.12. The standard InChI is InChI=1S/C13H15N5O2/c14-5-6-18-11-3-1-8(7-10(11)15-13(18)20)9-2-4-12(19)17-16-9/h1,3,7H,2,4-6,14H2,(H,15,20)(H,17,19). The highest BCUT2D eigenvalue weighted by atomic mass is 16.2. The highest BCUT2D eigenvalue weighted by Gasteiger charge is 2.14. The molecule has 0 spiro atoms. The molecule has 1 aliphatic rings. The van der Waals surface area contributed by atoms with Gasteiger partial charge in [0.05, 0.1) is 16.7 Å². The molecule has 1 aromatic carbocycles. The Labute approximate surface area is 114 Å². The number of nitrogens with one attached hydrogen (secondary N) is 2. The summed E-state index contributed by atoms with van der Waals surface area (Å²) in [6, 6.07) is 5.65. The van der Waals surface area contributed by atoms with E-state index < -0.39 is 0 Å². The molecule has 3 rings (SSSR count). The molecule has 2 heterocycles. The second-order valence-corrected chi connectivity index (χ2v) is 4.70. The van der Waals surface area contributed by atoms with E-state index in [1.807, 2.05) is 18.2 Å². The van der Waals surface area contributed by atoms with Crippen molar-refractivity contribution in [2.75, 3.05) is 6.54 Å². The Hall–Kier alpha value is -2.41. The van der Waals surface area contributed by atoms with Crippen LogP contribution in [0.25, 0.3) is 11.0 Å². The highest BCUT2D eigenvalue weighted by molar-refractivity contribution is 6.05. The lowest BCUT2D eigenvalue weighted by Crippen LogP contribution is -2.25. The fourth-order valence-corrected chi connectivity index (χ4v) is 2.38. The molecule has 0 saturated heterocycles. The van der Waals surface area contributed by atoms with Gasteiger partial charge in [-0.05, 0) is 17.7 Å². The molecule has 1 aliphatic heterocycles. The van der Waals surface area contributed by atoms with Crippen molar-refractivity contribution < 1.29 is 4.79 Å². The SMILES string of the molecule is NCCn1c(=O)[nH]c2cc(C3=NNC(=O)CC3)ccc21. The molecule has 0 bridgehead atoms. The van der Waals surface area contributed by atoms with Crippen molar-refractivity contribution >= 4 is 22.7 Å². The summed E-state index contributed by atoms with van der Waals surface area (Å²) in [7, 11) is 0. The zero-order valence-electron chi connectivity index (χ0n) is 10.8. The number of fused-ring (bicyclic) bond motifs is 1. The smallest absolute Gasteiger partial charge is 0.326 e. The first-order chi connectivity index (χ1) is 9.69. The molecule has 1 aromatic heterocycles. The number of hydrogen-bond donors (Lipinski definition) is 3. The van der Waals surface area contributed by atoms with Gasteiger partial charge in [0.1, 0.15) is 0 Å². The maximum Gasteiger partial charge on any atom is 0.326 e. The minimum atomic E-state index is -0.165. The Balaban J connectivity index is 2.04. The number of carbonyl (C=O) groups is 1. The first-order valence-electron chi connectivity index (χ1n) is 6.47. The summed E-state index contributed by atoms with van der Waals surface area (Å²) in [4.78, 5) is 25.7. The minimum Gasteiger partial charge on any atom is -0.329 e. The number of hydrazone groups is 1. The van der Waals surface area contributed by atoms with Gasteiger partial charge >= 0.3 is 5.69 Å². The van der Waals surface area contributed by atoms with Crippen molar-refractivity contribution in [2.24, 2.45) is 10.8 Å². The van der Waals surface area contributed by atoms with Crippen LogP contribution in [0.2, 0.25) is 0 Å². The Morgan fingerprint density at radius 1 is 1.30 bits per heavy atom. The van der Waals surface area contributed by atoms with Crippen LogP contribution in [0.4, 0.5) is 0 Å². The van der Waals surface area contributed by atoms with Crippen LogP contribution in [0.1, 0.15) is 18.4 Å². The van der Waals surface area contributed by atoms with Gasteiger partial charge in [-0.25, -0.2) is 10.2 Å². The molecule has 7 nitrogen and oxygen atoms in total. The maximum absolute atomic E-state index is 11.8. The summed E-state index contributed by atoms with van der Waals surface area (Å²) in [5.41, 5.74) is 11.1. The zero-order chi connectivity index (χ0) is 14.1. The van der Waals surface area contributed by atoms with Crippen molar-refractivity contribution in [1.29, 1.82) is 0 Å². The molecule has 0 fully saturated rings. The van der Waals surface area contributed by atoms with Crippen LogP contribution in [0.3, 0.4) is 0 Å². The lowest BCUT2D eigenvalue weighted by atomic mass is 10.0. The average molecular weight is 273 g/mol. The third-order valence-electron chi connectivity index (χ3n) is 3.36. The second kappa shape index (κ2) is 4.93. The summed E-state index contributed by atoms with van der Waals surface area (Å²) >= 11 is 0. The van der Waals surface area contributed by atoms with Gasteiger partial charge in [0.25, 0.3) is 0 Å². The van der Waals surface area contributed by atoms with Crippen LogP contribution < -0.4 is 16.8 Å². The third-order valence-corrected chi connectivity index (χ3v) is 3.36. The number of imidazole rings is 1. The molecule has 0 atom stereocenters. The minimum absolute atomic E-state index is 0.0719. The van der Waals surface area contributed by atoms with Gasteiger partial charge in [0, 0.05) is 25.9 Å². The molecule has 20 heavy (non-hydrogen) atoms. The van der Waals surface area contributed by atoms with Gasteiger partial charge in [-0.2, -0.15) is 5.10 Å². The monoisotopic (exact) mass is 273 g/mol. The second-order valence-electron chi connectivity index (χ2n) is 4.70. The van der Waals surface area contributed by atoms with Crippen LogP contribution in [0, 0.1) is 0 Å². The first-order valence-corrected chi connectivity index (χ1v) is 6.47. The van der Waals surface area contributed by atoms with Crippen LogP contribution >= 0.6 is 0 Å². The number of H-pyrrole nitrogens is 1. The third kappa shape index (κ3) is 2.12. The molecule has 2 aromatic rings. The summed E-state index contributed by atoms with van der Waals surface area (Å²) in [5.74, 6) is -0.0719. The highest BCUT2D eigenvalue weighted by Crippen LogP contribution is 2.16. The Morgan fingerprint density at radius 2 is 2.15 bits per heavy atom. The average Bonchev–Trinajstić information content (AvgIpc) is 2.76. The number of aromatic nitrogens is 2. The normalized spacial score (nSPS) is 15.2. The number of aromatic amines is 1. The quantitative estimate of drug-likeness (QED) is 0.727. The fraction of sp³-hybridized carbons (Fsp3) is 0.308. The Kier molecular flexibility index (Phi) is 3.11. The maximum atomic E-state index is 11.8. The van der Waals surface area contributed by atoms with E-state index in [4.69, 9.17) is 5.73 Å². The van der Waals surface area contributed by atoms with Gasteiger partial charge in [-0.15, -0.1) is 0 Å². The number of carbonyl (C=O) groups excluding carboxylic acids is 1. The molecule has 0 saturated carbocycles. The first kappa shape index (κ1) is 12.6. The van der Waals surface area contributed by atoms with E-state index in [2.05, 4.69) is 15.5 Å². The topological polar surface area (TPSA) is 105 Å². The summed E-state index contributed by atoms with van der Waals surface area (Å²) in [6.07, 6.45) is 1.03. The van der Waals surface area contributed by atoms with Crippen LogP contribution in [0.15, 0.2) is 28.1 Å². The van der Waals surface area contributed by atoms with E-state index in [1.54, 1.807) is 4.57 Å². The van der Waals surface area contributed by atoms with Gasteiger partial charge in [-0.3, -0.25) is 9.36 Å². The van der Waals surface area contributed by atoms with E-state index in [0.29, 0.717) is 25.9 Å². The predicted octanol–water partition coefficient (Wildman–Crippen LogP) is -0.0976. The van der Waals surface area contributed by atoms with Gasteiger partial charge in [0.2, 0.25) is 5.91 Å². The molecule has 0 aliphatic carbocycles. The van der Waals surface area contributed by atoms with E-state index in [-0.39, 0.29) is 11.6 Å². The predicted molar refractivity (Wildman–Crippen MR) is 75.5 cm³/mol. The van der Waals surface area contributed by atoms with Crippen molar-refractivity contribution in [2.45, 2.75) is 19.4 Å². The Bertz CT molecular complexity index is 756. The molecule has 1 amide bonds. The molecule has 0 unspecified atom stereocenters. The van der Waals surface area contributed by atoms with Crippen LogP contribution in [-0.4, -0.2) is 27.7 Å². The van der Waals surface area contributed by atoms with Crippen molar-refractivity contribution in [1.82, 2.24) is 15.0 Å². The Morgan fingerprint density at radius 3 is 2.85 bits per heavy atom. The largest absolute Gasteiger partial charge is 0.329 e. The zero-order valence-corrected chi connectivity index (χ0v) is 10.8. The van der Waals surface area contributed by atoms with Gasteiger partial charge in [0.15, 0.2) is 0 Å². The molecule has 104 valence electrons. The van der Waals surface area contributed by atoms with Crippen molar-refractivity contribution in [3.8, 4) is 0 Å². The van der Waals surface area contributed by atoms with E-state index in [1.165, 1.54) is 0 Å². The van der Waals surface area contributed by atoms with Crippen molar-refractivity contribution in [3.05, 3.63) is 34.2 Å². The van der Waals surface area contributed by atoms with Crippen LogP contribution in [0.5, 0.6) is 0 Å². The fourth-order valence-electron chi connectivity index (χ4n) is 2.38. The van der Waals surface area contributed by atoms with E-state index in [0.717, 1.165) is 22.3 Å². The van der Waals surface area contributed by atoms with Crippen molar-refractivity contribution in [3.63, 3.8) is 0 Å². The number of rotatable bonds is 3. The van der Waals surface area contributed by atoms with Gasteiger partial charge in [-0.1, -0.05) is 6.07 Å². The van der Waals surface area contributed by atoms with E-state index in [9.17, 15) is 9.59 Å². The number of nitrogens with zero attached hydrogens (tertiary/aromatic N) is 2. The van der Waals surface area contributed by atoms with E-state index >= 15 is 0 Å². The van der Waals surface area contributed by atoms with Crippen LogP contribution in [-0.2, 0) is 11.3 Å². The number of benzene rings is 1. The molecular formula is C13H15N5O2.